The van der Waals surface area contributed by atoms with Crippen LogP contribution >= 0.6 is 23.2 Å². The SMILES string of the molecule is O=C(C1=C(O)c2cc(Cl)cc(Cl)c2C1)C1(C(F)(F)F)C(F)(F)C(F)(F)C(F)(F)C1(F)F. The first kappa shape index (κ1) is 23.9. The standard InChI is InChI=1S/C16H5Cl2F11O2/c17-4-1-6-5(8(18)2-4)3-7(9(6)30)10(31)11(16(27,28)29)12(19,20)14(23,24)15(25,26)13(11,21)22/h1-2,30H,3H2. The third-order valence-corrected chi connectivity index (χ3v) is 5.78. The number of halogens is 13. The molecule has 0 amide bonds. The van der Waals surface area contributed by atoms with Crippen molar-refractivity contribution in [3.63, 3.8) is 0 Å². The number of carbonyl (C=O) groups is 1. The van der Waals surface area contributed by atoms with E-state index in [0.29, 0.717) is 0 Å². The monoisotopic (exact) mass is 508 g/mol. The molecule has 2 aliphatic carbocycles. The highest BCUT2D eigenvalue weighted by atomic mass is 35.5. The third kappa shape index (κ3) is 2.39. The molecule has 0 heterocycles. The number of aliphatic hydroxyl groups is 1. The van der Waals surface area contributed by atoms with Crippen molar-refractivity contribution >= 4 is 34.7 Å². The van der Waals surface area contributed by atoms with Gasteiger partial charge in [-0.15, -0.1) is 0 Å². The first-order chi connectivity index (χ1) is 13.7. The molecule has 0 saturated heterocycles. The molecule has 1 saturated carbocycles. The summed E-state index contributed by atoms with van der Waals surface area (Å²) in [6.07, 6.45) is -8.64. The first-order valence-electron chi connectivity index (χ1n) is 7.75. The van der Waals surface area contributed by atoms with Crippen LogP contribution in [0.5, 0.6) is 0 Å². The zero-order chi connectivity index (χ0) is 24.2. The van der Waals surface area contributed by atoms with Crippen molar-refractivity contribution in [3.05, 3.63) is 38.9 Å². The molecule has 3 rings (SSSR count). The minimum Gasteiger partial charge on any atom is -0.507 e. The second-order valence-corrected chi connectivity index (χ2v) is 7.64. The predicted molar refractivity (Wildman–Crippen MR) is 83.0 cm³/mol. The number of hydrogen-bond donors (Lipinski definition) is 1. The molecule has 0 bridgehead atoms. The molecule has 1 fully saturated rings. The number of rotatable bonds is 2. The molecule has 0 aromatic heterocycles. The fourth-order valence-electron chi connectivity index (χ4n) is 3.66. The largest absolute Gasteiger partial charge is 0.507 e. The summed E-state index contributed by atoms with van der Waals surface area (Å²) in [4.78, 5) is 12.5. The van der Waals surface area contributed by atoms with Crippen LogP contribution in [0.3, 0.4) is 0 Å². The molecule has 1 aromatic carbocycles. The molecule has 1 aromatic rings. The van der Waals surface area contributed by atoms with E-state index in [1.807, 2.05) is 0 Å². The lowest BCUT2D eigenvalue weighted by molar-refractivity contribution is -0.341. The molecule has 172 valence electrons. The molecule has 0 unspecified atom stereocenters. The predicted octanol–water partition coefficient (Wildman–Crippen LogP) is 6.49. The molecular formula is C16H5Cl2F11O2. The van der Waals surface area contributed by atoms with Crippen molar-refractivity contribution < 1.29 is 58.2 Å². The van der Waals surface area contributed by atoms with E-state index in [2.05, 4.69) is 0 Å². The van der Waals surface area contributed by atoms with Gasteiger partial charge in [-0.3, -0.25) is 4.79 Å². The Morgan fingerprint density at radius 3 is 1.74 bits per heavy atom. The second-order valence-electron chi connectivity index (χ2n) is 6.79. The summed E-state index contributed by atoms with van der Waals surface area (Å²) in [6, 6.07) is 1.68. The smallest absolute Gasteiger partial charge is 0.414 e. The van der Waals surface area contributed by atoms with Crippen LogP contribution in [0.25, 0.3) is 5.76 Å². The van der Waals surface area contributed by atoms with E-state index in [0.717, 1.165) is 12.1 Å². The number of carbonyl (C=O) groups excluding carboxylic acids is 1. The van der Waals surface area contributed by atoms with Gasteiger partial charge in [0, 0.05) is 27.6 Å². The highest BCUT2D eigenvalue weighted by Crippen LogP contribution is 2.76. The number of benzene rings is 1. The number of Topliss-reactive ketones (excluding diaryl/α,β-unsaturated/α-hetero) is 1. The van der Waals surface area contributed by atoms with E-state index >= 15 is 0 Å². The third-order valence-electron chi connectivity index (χ3n) is 5.22. The van der Waals surface area contributed by atoms with Crippen LogP contribution in [0.1, 0.15) is 11.1 Å². The molecule has 2 aliphatic rings. The van der Waals surface area contributed by atoms with Gasteiger partial charge >= 0.3 is 29.9 Å². The Hall–Kier alpha value is -1.76. The van der Waals surface area contributed by atoms with E-state index < -0.39 is 75.0 Å². The van der Waals surface area contributed by atoms with Crippen LogP contribution in [0.15, 0.2) is 17.7 Å². The van der Waals surface area contributed by atoms with Gasteiger partial charge in [-0.2, -0.15) is 48.3 Å². The highest BCUT2D eigenvalue weighted by molar-refractivity contribution is 6.35. The lowest BCUT2D eigenvalue weighted by Crippen LogP contribution is -2.65. The van der Waals surface area contributed by atoms with E-state index in [1.165, 1.54) is 0 Å². The summed E-state index contributed by atoms with van der Waals surface area (Å²) in [6.45, 7) is 0. The Bertz CT molecular complexity index is 1000. The maximum atomic E-state index is 14.2. The van der Waals surface area contributed by atoms with Crippen LogP contribution in [0.4, 0.5) is 48.3 Å². The van der Waals surface area contributed by atoms with Crippen LogP contribution in [0, 0.1) is 5.41 Å². The van der Waals surface area contributed by atoms with Gasteiger partial charge in [0.1, 0.15) is 5.76 Å². The summed E-state index contributed by atoms with van der Waals surface area (Å²) in [7, 11) is 0. The molecule has 15 heteroatoms. The maximum Gasteiger partial charge on any atom is 0.414 e. The maximum absolute atomic E-state index is 14.2. The van der Waals surface area contributed by atoms with Crippen LogP contribution in [-0.4, -0.2) is 40.8 Å². The van der Waals surface area contributed by atoms with Gasteiger partial charge in [-0.1, -0.05) is 23.2 Å². The van der Waals surface area contributed by atoms with Crippen molar-refractivity contribution in [2.45, 2.75) is 36.3 Å². The van der Waals surface area contributed by atoms with Crippen molar-refractivity contribution in [2.75, 3.05) is 0 Å². The van der Waals surface area contributed by atoms with Crippen molar-refractivity contribution in [1.82, 2.24) is 0 Å². The summed E-state index contributed by atoms with van der Waals surface area (Å²) < 4.78 is 152. The highest BCUT2D eigenvalue weighted by Gasteiger charge is 3.06. The van der Waals surface area contributed by atoms with Gasteiger partial charge in [0.05, 0.1) is 0 Å². The van der Waals surface area contributed by atoms with Crippen molar-refractivity contribution in [3.8, 4) is 0 Å². The molecular weight excluding hydrogens is 504 g/mol. The number of alkyl halides is 11. The lowest BCUT2D eigenvalue weighted by Gasteiger charge is -2.38. The van der Waals surface area contributed by atoms with Gasteiger partial charge in [-0.25, -0.2) is 0 Å². The Morgan fingerprint density at radius 2 is 1.32 bits per heavy atom. The van der Waals surface area contributed by atoms with Gasteiger partial charge in [0.25, 0.3) is 5.41 Å². The molecule has 0 atom stereocenters. The first-order valence-corrected chi connectivity index (χ1v) is 8.50. The Balaban J connectivity index is 2.37. The zero-order valence-corrected chi connectivity index (χ0v) is 15.6. The van der Waals surface area contributed by atoms with Crippen LogP contribution < -0.4 is 0 Å². The number of fused-ring (bicyclic) bond motifs is 1. The topological polar surface area (TPSA) is 37.3 Å². The average Bonchev–Trinajstić information content (AvgIpc) is 2.92. The summed E-state index contributed by atoms with van der Waals surface area (Å²) in [5.41, 5.74) is -9.89. The average molecular weight is 509 g/mol. The van der Waals surface area contributed by atoms with E-state index in [1.54, 1.807) is 0 Å². The Morgan fingerprint density at radius 1 is 0.871 bits per heavy atom. The number of ketones is 1. The van der Waals surface area contributed by atoms with E-state index in [9.17, 15) is 58.2 Å². The van der Waals surface area contributed by atoms with Gasteiger partial charge in [-0.05, 0) is 17.7 Å². The molecule has 2 nitrogen and oxygen atoms in total. The number of hydrogen-bond acceptors (Lipinski definition) is 2. The van der Waals surface area contributed by atoms with Gasteiger partial charge in [0.15, 0.2) is 5.78 Å². The number of aliphatic hydroxyl groups excluding tert-OH is 1. The zero-order valence-electron chi connectivity index (χ0n) is 14.1. The van der Waals surface area contributed by atoms with E-state index in [4.69, 9.17) is 23.2 Å². The molecule has 31 heavy (non-hydrogen) atoms. The van der Waals surface area contributed by atoms with Crippen molar-refractivity contribution in [1.29, 1.82) is 0 Å². The summed E-state index contributed by atoms with van der Waals surface area (Å²) >= 11 is 11.3. The quantitative estimate of drug-likeness (QED) is 0.463. The summed E-state index contributed by atoms with van der Waals surface area (Å²) in [5, 5.41) is 9.25. The van der Waals surface area contributed by atoms with Crippen LogP contribution in [0.2, 0.25) is 10.0 Å². The Kier molecular flexibility index (Phi) is 4.76. The number of allylic oxidation sites excluding steroid dienone is 1. The van der Waals surface area contributed by atoms with Gasteiger partial charge in [0.2, 0.25) is 0 Å². The van der Waals surface area contributed by atoms with Crippen LogP contribution in [-0.2, 0) is 11.2 Å². The fourth-order valence-corrected chi connectivity index (χ4v) is 4.22. The Labute approximate surface area is 174 Å². The normalized spacial score (nSPS) is 24.9. The molecule has 0 spiro atoms. The van der Waals surface area contributed by atoms with Gasteiger partial charge < -0.3 is 5.11 Å². The molecule has 0 radical (unpaired) electrons. The van der Waals surface area contributed by atoms with E-state index in [-0.39, 0.29) is 5.02 Å². The molecule has 1 N–H and O–H groups in total. The second kappa shape index (κ2) is 6.18. The minimum absolute atomic E-state index is 0.302. The lowest BCUT2D eigenvalue weighted by atomic mass is 9.72. The minimum atomic E-state index is -7.32. The fraction of sp³-hybridized carbons (Fsp3) is 0.438. The summed E-state index contributed by atoms with van der Waals surface area (Å²) in [5.74, 6) is -34.4. The molecule has 0 aliphatic heterocycles. The van der Waals surface area contributed by atoms with Crippen molar-refractivity contribution in [2.24, 2.45) is 5.41 Å².